The Morgan fingerprint density at radius 3 is 2.40 bits per heavy atom. The van der Waals surface area contributed by atoms with Gasteiger partial charge in [-0.15, -0.1) is 0 Å². The van der Waals surface area contributed by atoms with E-state index in [1.807, 2.05) is 0 Å². The van der Waals surface area contributed by atoms with Crippen LogP contribution in [0.15, 0.2) is 46.9 Å². The first-order valence-corrected chi connectivity index (χ1v) is 7.73. The molecule has 8 nitrogen and oxygen atoms in total. The number of nitro groups is 1. The maximum absolute atomic E-state index is 12.1. The van der Waals surface area contributed by atoms with Crippen LogP contribution >= 0.6 is 15.9 Å². The number of rotatable bonds is 6. The summed E-state index contributed by atoms with van der Waals surface area (Å²) in [4.78, 5) is 33.3. The number of carboxylic acids is 1. The van der Waals surface area contributed by atoms with Gasteiger partial charge in [-0.3, -0.25) is 10.1 Å². The monoisotopic (exact) mass is 409 g/mol. The lowest BCUT2D eigenvalue weighted by Gasteiger charge is -2.14. The van der Waals surface area contributed by atoms with Crippen molar-refractivity contribution in [3.05, 3.63) is 62.6 Å². The number of aromatic carboxylic acids is 1. The minimum atomic E-state index is -1.24. The van der Waals surface area contributed by atoms with Gasteiger partial charge in [-0.2, -0.15) is 0 Å². The van der Waals surface area contributed by atoms with Crippen LogP contribution in [-0.4, -0.2) is 28.1 Å². The molecule has 1 N–H and O–H groups in total. The van der Waals surface area contributed by atoms with Crippen LogP contribution in [0, 0.1) is 10.1 Å². The van der Waals surface area contributed by atoms with Crippen LogP contribution in [0.1, 0.15) is 17.3 Å². The summed E-state index contributed by atoms with van der Waals surface area (Å²) in [5, 5.41) is 19.7. The molecule has 0 aliphatic heterocycles. The van der Waals surface area contributed by atoms with Crippen LogP contribution in [0.2, 0.25) is 0 Å². The fraction of sp³-hybridized carbons (Fsp3) is 0.125. The van der Waals surface area contributed by atoms with Crippen molar-refractivity contribution in [3.63, 3.8) is 0 Å². The van der Waals surface area contributed by atoms with Crippen molar-refractivity contribution in [3.8, 4) is 11.5 Å². The third-order valence-electron chi connectivity index (χ3n) is 3.07. The van der Waals surface area contributed by atoms with E-state index >= 15 is 0 Å². The van der Waals surface area contributed by atoms with E-state index in [9.17, 15) is 19.7 Å². The zero-order valence-electron chi connectivity index (χ0n) is 12.8. The molecule has 2 aromatic carbocycles. The Bertz CT molecular complexity index is 820. The van der Waals surface area contributed by atoms with E-state index in [-0.39, 0.29) is 22.7 Å². The lowest BCUT2D eigenvalue weighted by molar-refractivity contribution is -0.384. The number of hydrogen-bond acceptors (Lipinski definition) is 6. The third-order valence-corrected chi connectivity index (χ3v) is 3.57. The summed E-state index contributed by atoms with van der Waals surface area (Å²) in [6.45, 7) is 1.42. The molecule has 0 bridgehead atoms. The molecule has 0 radical (unpaired) electrons. The highest BCUT2D eigenvalue weighted by Crippen LogP contribution is 2.24. The average Bonchev–Trinajstić information content (AvgIpc) is 2.56. The number of non-ortho nitro benzene ring substituents is 1. The zero-order valence-corrected chi connectivity index (χ0v) is 14.4. The molecule has 130 valence electrons. The number of esters is 1. The van der Waals surface area contributed by atoms with Gasteiger partial charge in [-0.25, -0.2) is 9.59 Å². The molecule has 0 aromatic heterocycles. The van der Waals surface area contributed by atoms with Gasteiger partial charge in [0, 0.05) is 16.6 Å². The predicted octanol–water partition coefficient (Wildman–Crippen LogP) is 3.43. The number of hydrogen-bond donors (Lipinski definition) is 1. The second-order valence-corrected chi connectivity index (χ2v) is 5.79. The van der Waals surface area contributed by atoms with E-state index < -0.39 is 23.0 Å². The Morgan fingerprint density at radius 2 is 1.84 bits per heavy atom. The first-order chi connectivity index (χ1) is 11.8. The minimum absolute atomic E-state index is 0.108. The van der Waals surface area contributed by atoms with Gasteiger partial charge in [0.1, 0.15) is 17.1 Å². The van der Waals surface area contributed by atoms with E-state index in [1.54, 1.807) is 0 Å². The predicted molar refractivity (Wildman–Crippen MR) is 89.9 cm³/mol. The molecule has 1 atom stereocenters. The standard InChI is InChI=1S/C16H12BrNO7/c1-9(24-12-5-3-11(4-6-12)18(22)23)16(21)25-14-7-2-10(17)8-13(14)15(19)20/h2-9H,1H3,(H,19,20). The van der Waals surface area contributed by atoms with Crippen LogP contribution in [0.4, 0.5) is 5.69 Å². The SMILES string of the molecule is CC(Oc1ccc([N+](=O)[O-])cc1)C(=O)Oc1ccc(Br)cc1C(=O)O. The van der Waals surface area contributed by atoms with Gasteiger partial charge in [0.2, 0.25) is 0 Å². The van der Waals surface area contributed by atoms with Crippen molar-refractivity contribution < 1.29 is 29.1 Å². The molecule has 0 heterocycles. The van der Waals surface area contributed by atoms with Crippen molar-refractivity contribution in [1.82, 2.24) is 0 Å². The Kier molecular flexibility index (Phi) is 5.71. The normalized spacial score (nSPS) is 11.4. The largest absolute Gasteiger partial charge is 0.479 e. The maximum atomic E-state index is 12.1. The summed E-state index contributed by atoms with van der Waals surface area (Å²) in [7, 11) is 0. The van der Waals surface area contributed by atoms with Gasteiger partial charge in [-0.05, 0) is 37.3 Å². The molecule has 0 aliphatic rings. The van der Waals surface area contributed by atoms with Gasteiger partial charge in [0.15, 0.2) is 6.10 Å². The second-order valence-electron chi connectivity index (χ2n) is 4.88. The fourth-order valence-corrected chi connectivity index (χ4v) is 2.21. The topological polar surface area (TPSA) is 116 Å². The highest BCUT2D eigenvalue weighted by atomic mass is 79.9. The number of carboxylic acid groups (broad SMARTS) is 1. The smallest absolute Gasteiger partial charge is 0.352 e. The summed E-state index contributed by atoms with van der Waals surface area (Å²) >= 11 is 3.14. The van der Waals surface area contributed by atoms with Gasteiger partial charge in [-0.1, -0.05) is 15.9 Å². The van der Waals surface area contributed by atoms with Crippen LogP contribution in [0.3, 0.4) is 0 Å². The number of benzene rings is 2. The highest BCUT2D eigenvalue weighted by Gasteiger charge is 2.21. The molecule has 1 unspecified atom stereocenters. The van der Waals surface area contributed by atoms with Crippen molar-refractivity contribution in [1.29, 1.82) is 0 Å². The van der Waals surface area contributed by atoms with Crippen molar-refractivity contribution in [2.24, 2.45) is 0 Å². The summed E-state index contributed by atoms with van der Waals surface area (Å²) in [5.74, 6) is -1.92. The Morgan fingerprint density at radius 1 is 1.20 bits per heavy atom. The molecule has 2 aromatic rings. The first kappa shape index (κ1) is 18.4. The maximum Gasteiger partial charge on any atom is 0.352 e. The lowest BCUT2D eigenvalue weighted by atomic mass is 10.2. The van der Waals surface area contributed by atoms with E-state index in [4.69, 9.17) is 14.6 Å². The molecule has 25 heavy (non-hydrogen) atoms. The summed E-state index contributed by atoms with van der Waals surface area (Å²) in [6.07, 6.45) is -1.05. The number of carbonyl (C=O) groups excluding carboxylic acids is 1. The zero-order chi connectivity index (χ0) is 18.6. The van der Waals surface area contributed by atoms with Crippen LogP contribution < -0.4 is 9.47 Å². The molecule has 0 spiro atoms. The number of nitrogens with zero attached hydrogens (tertiary/aromatic N) is 1. The van der Waals surface area contributed by atoms with E-state index in [2.05, 4.69) is 15.9 Å². The molecule has 2 rings (SSSR count). The molecule has 0 saturated carbocycles. The van der Waals surface area contributed by atoms with Crippen LogP contribution in [0.5, 0.6) is 11.5 Å². The number of ether oxygens (including phenoxy) is 2. The average molecular weight is 410 g/mol. The first-order valence-electron chi connectivity index (χ1n) is 6.93. The summed E-state index contributed by atoms with van der Waals surface area (Å²) in [6, 6.07) is 9.39. The van der Waals surface area contributed by atoms with Crippen molar-refractivity contribution in [2.75, 3.05) is 0 Å². The van der Waals surface area contributed by atoms with Crippen LogP contribution in [-0.2, 0) is 4.79 Å². The number of halogens is 1. The van der Waals surface area contributed by atoms with Gasteiger partial charge < -0.3 is 14.6 Å². The van der Waals surface area contributed by atoms with Crippen LogP contribution in [0.25, 0.3) is 0 Å². The van der Waals surface area contributed by atoms with E-state index in [0.717, 1.165) is 0 Å². The highest BCUT2D eigenvalue weighted by molar-refractivity contribution is 9.10. The Labute approximate surface area is 150 Å². The quantitative estimate of drug-likeness (QED) is 0.336. The van der Waals surface area contributed by atoms with Gasteiger partial charge in [0.25, 0.3) is 5.69 Å². The fourth-order valence-electron chi connectivity index (χ4n) is 1.85. The summed E-state index contributed by atoms with van der Waals surface area (Å²) in [5.41, 5.74) is -0.284. The van der Waals surface area contributed by atoms with Crippen molar-refractivity contribution >= 4 is 33.6 Å². The van der Waals surface area contributed by atoms with E-state index in [1.165, 1.54) is 49.4 Å². The van der Waals surface area contributed by atoms with Crippen molar-refractivity contribution in [2.45, 2.75) is 13.0 Å². The number of nitro benzene ring substituents is 1. The minimum Gasteiger partial charge on any atom is -0.479 e. The lowest BCUT2D eigenvalue weighted by Crippen LogP contribution is -2.29. The summed E-state index contributed by atoms with van der Waals surface area (Å²) < 4.78 is 11.0. The molecular formula is C16H12BrNO7. The Hall–Kier alpha value is -2.94. The Balaban J connectivity index is 2.08. The molecular weight excluding hydrogens is 398 g/mol. The third kappa shape index (κ3) is 4.77. The van der Waals surface area contributed by atoms with E-state index in [0.29, 0.717) is 4.47 Å². The molecule has 0 saturated heterocycles. The van der Waals surface area contributed by atoms with Gasteiger partial charge in [0.05, 0.1) is 4.92 Å². The second kappa shape index (κ2) is 7.75. The molecule has 9 heteroatoms. The molecule has 0 fully saturated rings. The van der Waals surface area contributed by atoms with Gasteiger partial charge >= 0.3 is 11.9 Å². The number of carbonyl (C=O) groups is 2. The molecule has 0 amide bonds. The molecule has 0 aliphatic carbocycles.